The third kappa shape index (κ3) is 3.76. The molecule has 6 heteroatoms. The molecule has 27 heavy (non-hydrogen) atoms. The highest BCUT2D eigenvalue weighted by Gasteiger charge is 2.56. The first kappa shape index (κ1) is 21.1. The van der Waals surface area contributed by atoms with Gasteiger partial charge in [0, 0.05) is 6.42 Å². The van der Waals surface area contributed by atoms with Crippen LogP contribution in [0.1, 0.15) is 26.2 Å². The lowest BCUT2D eigenvalue weighted by Crippen LogP contribution is -2.44. The summed E-state index contributed by atoms with van der Waals surface area (Å²) in [6.07, 6.45) is 1.64. The van der Waals surface area contributed by atoms with Crippen molar-refractivity contribution in [3.8, 4) is 0 Å². The van der Waals surface area contributed by atoms with E-state index in [1.807, 2.05) is 18.2 Å². The van der Waals surface area contributed by atoms with Crippen LogP contribution in [0.2, 0.25) is 13.1 Å². The topological polar surface area (TPSA) is 69.7 Å². The summed E-state index contributed by atoms with van der Waals surface area (Å²) < 4.78 is 9.89. The van der Waals surface area contributed by atoms with Crippen LogP contribution in [0.5, 0.6) is 0 Å². The predicted octanol–water partition coefficient (Wildman–Crippen LogP) is 2.79. The zero-order valence-corrected chi connectivity index (χ0v) is 17.7. The molecule has 1 aromatic rings. The Labute approximate surface area is 161 Å². The number of hydrogen-bond donors (Lipinski definition) is 0. The number of methoxy groups -OCH3 is 2. The van der Waals surface area contributed by atoms with Crippen molar-refractivity contribution < 1.29 is 23.9 Å². The lowest BCUT2D eigenvalue weighted by atomic mass is 9.85. The average molecular weight is 389 g/mol. The summed E-state index contributed by atoms with van der Waals surface area (Å²) in [6.45, 7) is 6.58. The second-order valence-electron chi connectivity index (χ2n) is 7.69. The molecule has 0 amide bonds. The molecule has 1 fully saturated rings. The Morgan fingerprint density at radius 3 is 2.19 bits per heavy atom. The standard InChI is InChI=1S/C21H28O5Si/c1-15(27(4,5)17-9-7-6-8-10-17)18-14-21(19(23)25-2,20(24)26-3)13-16(18)11-12-22/h6-10,12,16H,11,13-14H2,1-5H3/b18-15+. The summed E-state index contributed by atoms with van der Waals surface area (Å²) >= 11 is 0. The van der Waals surface area contributed by atoms with E-state index in [1.165, 1.54) is 24.6 Å². The SMILES string of the molecule is COC(=O)C1(C(=O)OC)C/C(=C(/C)[Si](C)(C)c2ccccc2)C(CC=O)C1. The molecule has 0 heterocycles. The molecule has 1 atom stereocenters. The van der Waals surface area contributed by atoms with Gasteiger partial charge in [0.2, 0.25) is 0 Å². The molecule has 1 unspecified atom stereocenters. The Hall–Kier alpha value is -2.21. The monoisotopic (exact) mass is 388 g/mol. The van der Waals surface area contributed by atoms with Crippen LogP contribution >= 0.6 is 0 Å². The molecule has 1 aromatic carbocycles. The molecule has 1 aliphatic rings. The van der Waals surface area contributed by atoms with Gasteiger partial charge in [-0.3, -0.25) is 9.59 Å². The number of aldehydes is 1. The van der Waals surface area contributed by atoms with E-state index in [0.29, 0.717) is 0 Å². The molecule has 5 nitrogen and oxygen atoms in total. The van der Waals surface area contributed by atoms with Crippen LogP contribution in [0.15, 0.2) is 41.1 Å². The fourth-order valence-corrected chi connectivity index (χ4v) is 6.68. The van der Waals surface area contributed by atoms with E-state index in [4.69, 9.17) is 9.47 Å². The number of ether oxygens (including phenoxy) is 2. The molecule has 0 aliphatic heterocycles. The van der Waals surface area contributed by atoms with Gasteiger partial charge in [0.15, 0.2) is 5.41 Å². The molecular weight excluding hydrogens is 360 g/mol. The Morgan fingerprint density at radius 1 is 1.15 bits per heavy atom. The Morgan fingerprint density at radius 2 is 1.70 bits per heavy atom. The van der Waals surface area contributed by atoms with Gasteiger partial charge in [-0.2, -0.15) is 0 Å². The number of rotatable bonds is 6. The minimum Gasteiger partial charge on any atom is -0.468 e. The maximum absolute atomic E-state index is 12.6. The minimum absolute atomic E-state index is 0.156. The highest BCUT2D eigenvalue weighted by Crippen LogP contribution is 2.50. The average Bonchev–Trinajstić information content (AvgIpc) is 3.07. The van der Waals surface area contributed by atoms with E-state index >= 15 is 0 Å². The molecule has 0 spiro atoms. The summed E-state index contributed by atoms with van der Waals surface area (Å²) in [5, 5.41) is 2.48. The second-order valence-corrected chi connectivity index (χ2v) is 12.3. The van der Waals surface area contributed by atoms with Gasteiger partial charge < -0.3 is 14.3 Å². The van der Waals surface area contributed by atoms with Crippen molar-refractivity contribution >= 4 is 31.5 Å². The van der Waals surface area contributed by atoms with Gasteiger partial charge in [0.1, 0.15) is 14.4 Å². The van der Waals surface area contributed by atoms with Crippen molar-refractivity contribution in [1.29, 1.82) is 0 Å². The number of hydrogen-bond acceptors (Lipinski definition) is 5. The smallest absolute Gasteiger partial charge is 0.323 e. The van der Waals surface area contributed by atoms with E-state index in [2.05, 4.69) is 32.2 Å². The van der Waals surface area contributed by atoms with Crippen LogP contribution in [-0.2, 0) is 23.9 Å². The molecule has 0 N–H and O–H groups in total. The molecule has 0 saturated heterocycles. The van der Waals surface area contributed by atoms with Gasteiger partial charge >= 0.3 is 11.9 Å². The lowest BCUT2D eigenvalue weighted by molar-refractivity contribution is -0.168. The zero-order chi connectivity index (χ0) is 20.2. The largest absolute Gasteiger partial charge is 0.468 e. The predicted molar refractivity (Wildman–Crippen MR) is 106 cm³/mol. The van der Waals surface area contributed by atoms with Crippen LogP contribution in [0.3, 0.4) is 0 Å². The Kier molecular flexibility index (Phi) is 6.41. The number of esters is 2. The molecule has 0 aromatic heterocycles. The molecule has 0 bridgehead atoms. The van der Waals surface area contributed by atoms with Crippen molar-refractivity contribution in [3.63, 3.8) is 0 Å². The van der Waals surface area contributed by atoms with E-state index in [9.17, 15) is 14.4 Å². The zero-order valence-electron chi connectivity index (χ0n) is 16.7. The summed E-state index contributed by atoms with van der Waals surface area (Å²) in [4.78, 5) is 36.4. The second kappa shape index (κ2) is 8.21. The molecule has 146 valence electrons. The van der Waals surface area contributed by atoms with Crippen LogP contribution in [-0.4, -0.2) is 40.5 Å². The van der Waals surface area contributed by atoms with Crippen molar-refractivity contribution in [2.45, 2.75) is 39.3 Å². The van der Waals surface area contributed by atoms with Gasteiger partial charge in [-0.25, -0.2) is 0 Å². The van der Waals surface area contributed by atoms with Gasteiger partial charge in [-0.1, -0.05) is 59.4 Å². The molecule has 1 saturated carbocycles. The lowest BCUT2D eigenvalue weighted by Gasteiger charge is -2.28. The maximum Gasteiger partial charge on any atom is 0.323 e. The van der Waals surface area contributed by atoms with Gasteiger partial charge in [0.25, 0.3) is 0 Å². The fourth-order valence-electron chi connectivity index (χ4n) is 4.12. The highest BCUT2D eigenvalue weighted by atomic mass is 28.3. The number of benzene rings is 1. The van der Waals surface area contributed by atoms with Crippen molar-refractivity contribution in [1.82, 2.24) is 0 Å². The quantitative estimate of drug-likeness (QED) is 0.324. The molecular formula is C21H28O5Si. The maximum atomic E-state index is 12.6. The third-order valence-electron chi connectivity index (χ3n) is 6.03. The van der Waals surface area contributed by atoms with Crippen molar-refractivity contribution in [2.24, 2.45) is 11.3 Å². The van der Waals surface area contributed by atoms with Crippen molar-refractivity contribution in [3.05, 3.63) is 41.1 Å². The summed E-state index contributed by atoms with van der Waals surface area (Å²) in [5.41, 5.74) is -0.340. The Bertz CT molecular complexity index is 735. The first-order valence-corrected chi connectivity index (χ1v) is 12.1. The van der Waals surface area contributed by atoms with E-state index in [1.54, 1.807) is 0 Å². The van der Waals surface area contributed by atoms with Crippen LogP contribution in [0.4, 0.5) is 0 Å². The Balaban J connectivity index is 2.58. The number of allylic oxidation sites excluding steroid dienone is 2. The molecule has 2 rings (SSSR count). The van der Waals surface area contributed by atoms with Crippen LogP contribution in [0.25, 0.3) is 0 Å². The van der Waals surface area contributed by atoms with Crippen LogP contribution < -0.4 is 5.19 Å². The van der Waals surface area contributed by atoms with Gasteiger partial charge in [-0.05, 0) is 25.7 Å². The van der Waals surface area contributed by atoms with Crippen molar-refractivity contribution in [2.75, 3.05) is 14.2 Å². The van der Waals surface area contributed by atoms with E-state index in [-0.39, 0.29) is 25.2 Å². The van der Waals surface area contributed by atoms with Gasteiger partial charge in [0.05, 0.1) is 14.2 Å². The van der Waals surface area contributed by atoms with Crippen LogP contribution in [0, 0.1) is 11.3 Å². The first-order valence-electron chi connectivity index (χ1n) is 9.10. The fraction of sp³-hybridized carbons (Fsp3) is 0.476. The number of carbonyl (C=O) groups is 3. The third-order valence-corrected chi connectivity index (χ3v) is 10.0. The molecule has 0 radical (unpaired) electrons. The minimum atomic E-state index is -2.01. The normalized spacial score (nSPS) is 20.7. The highest BCUT2D eigenvalue weighted by molar-refractivity contribution is 6.95. The van der Waals surface area contributed by atoms with E-state index < -0.39 is 25.4 Å². The summed E-state index contributed by atoms with van der Waals surface area (Å²) in [5.74, 6) is -1.34. The van der Waals surface area contributed by atoms with E-state index in [0.717, 1.165) is 11.9 Å². The number of carbonyl (C=O) groups excluding carboxylic acids is 3. The summed E-state index contributed by atoms with van der Waals surface area (Å²) in [7, 11) is 0.542. The summed E-state index contributed by atoms with van der Waals surface area (Å²) in [6, 6.07) is 10.3. The first-order chi connectivity index (χ1) is 12.7. The molecule has 1 aliphatic carbocycles. The van der Waals surface area contributed by atoms with Gasteiger partial charge in [-0.15, -0.1) is 0 Å².